The predicted molar refractivity (Wildman–Crippen MR) is 72.3 cm³/mol. The fourth-order valence-electron chi connectivity index (χ4n) is 1.38. The molecule has 1 rings (SSSR count). The minimum absolute atomic E-state index is 0.182. The Morgan fingerprint density at radius 1 is 1.33 bits per heavy atom. The summed E-state index contributed by atoms with van der Waals surface area (Å²) in [5.41, 5.74) is 0.901. The lowest BCUT2D eigenvalue weighted by Gasteiger charge is -2.09. The molecule has 18 heavy (non-hydrogen) atoms. The molecule has 1 aromatic carbocycles. The number of ether oxygens (including phenoxy) is 1. The van der Waals surface area contributed by atoms with Crippen LogP contribution in [0.1, 0.15) is 38.7 Å². The molecule has 98 valence electrons. The van der Waals surface area contributed by atoms with Crippen molar-refractivity contribution in [2.45, 2.75) is 33.1 Å². The zero-order valence-corrected chi connectivity index (χ0v) is 11.4. The van der Waals surface area contributed by atoms with Crippen LogP contribution < -0.4 is 0 Å². The number of hydrogen-bond acceptors (Lipinski definition) is 3. The van der Waals surface area contributed by atoms with Crippen molar-refractivity contribution in [3.05, 3.63) is 29.8 Å². The lowest BCUT2D eigenvalue weighted by Crippen LogP contribution is -2.07. The Labute approximate surface area is 109 Å². The second-order valence-corrected chi connectivity index (χ2v) is 3.32. The van der Waals surface area contributed by atoms with Crippen LogP contribution in [0.2, 0.25) is 0 Å². The van der Waals surface area contributed by atoms with Gasteiger partial charge in [-0.15, -0.1) is 5.92 Å². The summed E-state index contributed by atoms with van der Waals surface area (Å²) in [5, 5.41) is 9.17. The van der Waals surface area contributed by atoms with Crippen molar-refractivity contribution in [3.63, 3.8) is 0 Å². The smallest absolute Gasteiger partial charge is 0.307 e. The van der Waals surface area contributed by atoms with Crippen molar-refractivity contribution < 1.29 is 14.6 Å². The van der Waals surface area contributed by atoms with Crippen LogP contribution >= 0.6 is 0 Å². The number of methoxy groups -OCH3 is 1. The molecule has 0 spiro atoms. The Bertz CT molecular complexity index is 410. The second kappa shape index (κ2) is 9.12. The molecule has 0 saturated carbocycles. The number of hydrogen-bond donors (Lipinski definition) is 1. The number of esters is 1. The zero-order chi connectivity index (χ0) is 14.0. The molecule has 0 aromatic heterocycles. The van der Waals surface area contributed by atoms with E-state index < -0.39 is 0 Å². The quantitative estimate of drug-likeness (QED) is 0.660. The van der Waals surface area contributed by atoms with E-state index >= 15 is 0 Å². The van der Waals surface area contributed by atoms with E-state index in [1.54, 1.807) is 31.2 Å². The molecule has 0 unspecified atom stereocenters. The van der Waals surface area contributed by atoms with Crippen LogP contribution in [0.25, 0.3) is 0 Å². The highest BCUT2D eigenvalue weighted by Crippen LogP contribution is 2.21. The maximum absolute atomic E-state index is 11.2. The third kappa shape index (κ3) is 5.40. The van der Waals surface area contributed by atoms with Gasteiger partial charge in [0.05, 0.1) is 19.4 Å². The van der Waals surface area contributed by atoms with Crippen molar-refractivity contribution in [2.24, 2.45) is 0 Å². The van der Waals surface area contributed by atoms with Crippen LogP contribution in [0.15, 0.2) is 24.3 Å². The highest BCUT2D eigenvalue weighted by Gasteiger charge is 2.13. The van der Waals surface area contributed by atoms with Crippen LogP contribution in [0.3, 0.4) is 0 Å². The van der Waals surface area contributed by atoms with Crippen molar-refractivity contribution in [2.75, 3.05) is 7.11 Å². The number of carbonyl (C=O) groups is 1. The summed E-state index contributed by atoms with van der Waals surface area (Å²) in [4.78, 5) is 11.2. The average molecular weight is 248 g/mol. The van der Waals surface area contributed by atoms with E-state index in [0.717, 1.165) is 5.56 Å². The zero-order valence-electron chi connectivity index (χ0n) is 11.4. The molecule has 0 aliphatic carbocycles. The Morgan fingerprint density at radius 2 is 1.89 bits per heavy atom. The van der Waals surface area contributed by atoms with Crippen molar-refractivity contribution in [1.82, 2.24) is 0 Å². The highest BCUT2D eigenvalue weighted by atomic mass is 16.5. The fraction of sp³-hybridized carbons (Fsp3) is 0.400. The number of benzene rings is 1. The summed E-state index contributed by atoms with van der Waals surface area (Å²) in [6.07, 6.45) is 0.224. The van der Waals surface area contributed by atoms with E-state index in [9.17, 15) is 4.79 Å². The Balaban J connectivity index is 0.00000137. The molecule has 0 fully saturated rings. The molecule has 1 atom stereocenters. The highest BCUT2D eigenvalue weighted by molar-refractivity contribution is 5.71. The summed E-state index contributed by atoms with van der Waals surface area (Å²) in [6.45, 7) is 5.73. The standard InChI is InChI=1S/C13H14O3.C2H6/c1-3-4-11(9-13(15)16-2)10-5-7-12(14)8-6-10;1-2/h5-8,11,14H,9H2,1-2H3;1-2H3/t11-;/m0./s1. The third-order valence-corrected chi connectivity index (χ3v) is 2.21. The van der Waals surface area contributed by atoms with Gasteiger partial charge in [0.1, 0.15) is 5.75 Å². The average Bonchev–Trinajstić information content (AvgIpc) is 2.41. The van der Waals surface area contributed by atoms with Gasteiger partial charge in [0.25, 0.3) is 0 Å². The van der Waals surface area contributed by atoms with Crippen molar-refractivity contribution in [3.8, 4) is 17.6 Å². The summed E-state index contributed by atoms with van der Waals surface area (Å²) < 4.78 is 4.62. The summed E-state index contributed by atoms with van der Waals surface area (Å²) in [7, 11) is 1.36. The molecular formula is C15H20O3. The van der Waals surface area contributed by atoms with Crippen molar-refractivity contribution >= 4 is 5.97 Å². The molecule has 0 aliphatic heterocycles. The van der Waals surface area contributed by atoms with E-state index in [1.807, 2.05) is 13.8 Å². The fourth-order valence-corrected chi connectivity index (χ4v) is 1.38. The summed E-state index contributed by atoms with van der Waals surface area (Å²) in [5.74, 6) is 5.47. The molecule has 1 aromatic rings. The molecule has 0 heterocycles. The van der Waals surface area contributed by atoms with Gasteiger partial charge in [0.2, 0.25) is 0 Å². The topological polar surface area (TPSA) is 46.5 Å². The van der Waals surface area contributed by atoms with Gasteiger partial charge in [0, 0.05) is 0 Å². The molecule has 0 radical (unpaired) electrons. The molecule has 1 N–H and O–H groups in total. The number of phenolic OH excluding ortho intramolecular Hbond substituents is 1. The van der Waals surface area contributed by atoms with Crippen LogP contribution in [0.5, 0.6) is 5.75 Å². The molecule has 0 saturated heterocycles. The van der Waals surface area contributed by atoms with E-state index in [1.165, 1.54) is 7.11 Å². The van der Waals surface area contributed by atoms with Gasteiger partial charge in [-0.25, -0.2) is 0 Å². The first kappa shape index (κ1) is 16.1. The minimum atomic E-state index is -0.291. The van der Waals surface area contributed by atoms with Gasteiger partial charge in [-0.05, 0) is 24.6 Å². The molecule has 3 heteroatoms. The number of phenols is 1. The van der Waals surface area contributed by atoms with Crippen LogP contribution in [0, 0.1) is 11.8 Å². The monoisotopic (exact) mass is 248 g/mol. The number of rotatable bonds is 3. The SMILES string of the molecule is CC.CC#C[C@@H](CC(=O)OC)c1ccc(O)cc1. The van der Waals surface area contributed by atoms with E-state index in [0.29, 0.717) is 0 Å². The third-order valence-electron chi connectivity index (χ3n) is 2.21. The Kier molecular flexibility index (Phi) is 8.13. The second-order valence-electron chi connectivity index (χ2n) is 3.32. The first-order chi connectivity index (χ1) is 8.67. The Hall–Kier alpha value is -1.95. The van der Waals surface area contributed by atoms with Gasteiger partial charge < -0.3 is 9.84 Å². The van der Waals surface area contributed by atoms with E-state index in [4.69, 9.17) is 5.11 Å². The van der Waals surface area contributed by atoms with E-state index in [-0.39, 0.29) is 24.1 Å². The largest absolute Gasteiger partial charge is 0.508 e. The number of carbonyl (C=O) groups excluding carboxylic acids is 1. The first-order valence-electron chi connectivity index (χ1n) is 5.95. The van der Waals surface area contributed by atoms with Crippen LogP contribution in [-0.4, -0.2) is 18.2 Å². The van der Waals surface area contributed by atoms with Gasteiger partial charge in [-0.2, -0.15) is 0 Å². The molecular weight excluding hydrogens is 228 g/mol. The molecule has 0 bridgehead atoms. The minimum Gasteiger partial charge on any atom is -0.508 e. The van der Waals surface area contributed by atoms with Crippen molar-refractivity contribution in [1.29, 1.82) is 0 Å². The molecule has 3 nitrogen and oxygen atoms in total. The molecule has 0 amide bonds. The van der Waals surface area contributed by atoms with Gasteiger partial charge in [0.15, 0.2) is 0 Å². The molecule has 0 aliphatic rings. The maximum atomic E-state index is 11.2. The lowest BCUT2D eigenvalue weighted by molar-refractivity contribution is -0.140. The normalized spacial score (nSPS) is 10.2. The van der Waals surface area contributed by atoms with Gasteiger partial charge in [-0.3, -0.25) is 4.79 Å². The maximum Gasteiger partial charge on any atom is 0.307 e. The van der Waals surface area contributed by atoms with Crippen LogP contribution in [0.4, 0.5) is 0 Å². The van der Waals surface area contributed by atoms with Crippen LogP contribution in [-0.2, 0) is 9.53 Å². The van der Waals surface area contributed by atoms with Gasteiger partial charge in [-0.1, -0.05) is 31.9 Å². The number of aromatic hydroxyl groups is 1. The first-order valence-corrected chi connectivity index (χ1v) is 5.95. The lowest BCUT2D eigenvalue weighted by atomic mass is 9.96. The summed E-state index contributed by atoms with van der Waals surface area (Å²) >= 11 is 0. The summed E-state index contributed by atoms with van der Waals surface area (Å²) in [6, 6.07) is 6.68. The predicted octanol–water partition coefficient (Wildman–Crippen LogP) is 3.09. The Morgan fingerprint density at radius 3 is 2.33 bits per heavy atom. The van der Waals surface area contributed by atoms with E-state index in [2.05, 4.69) is 16.6 Å². The van der Waals surface area contributed by atoms with Gasteiger partial charge >= 0.3 is 5.97 Å².